The van der Waals surface area contributed by atoms with Crippen molar-refractivity contribution in [3.05, 3.63) is 11.3 Å². The fraction of sp³-hybridized carbons (Fsp3) is 0.500. The third-order valence-corrected chi connectivity index (χ3v) is 2.32. The number of hydrogen-bond donors (Lipinski definition) is 1. The summed E-state index contributed by atoms with van der Waals surface area (Å²) in [6.45, 7) is 4.05. The minimum atomic E-state index is -0.370. The molecule has 13 heavy (non-hydrogen) atoms. The van der Waals surface area contributed by atoms with Gasteiger partial charge in [-0.3, -0.25) is 0 Å². The average Bonchev–Trinajstić information content (AvgIpc) is 2.47. The van der Waals surface area contributed by atoms with E-state index in [2.05, 4.69) is 4.37 Å². The lowest BCUT2D eigenvalue weighted by Gasteiger charge is -2.01. The molecule has 0 saturated heterocycles. The molecule has 0 fully saturated rings. The Hall–Kier alpha value is -1.10. The first kappa shape index (κ1) is 9.98. The quantitative estimate of drug-likeness (QED) is 0.750. The van der Waals surface area contributed by atoms with Crippen molar-refractivity contribution in [1.82, 2.24) is 4.37 Å². The SMILES string of the molecule is CCOC(=O)c1c(CC)nsc1N. The molecule has 0 saturated carbocycles. The van der Waals surface area contributed by atoms with Crippen molar-refractivity contribution in [2.24, 2.45) is 0 Å². The maximum absolute atomic E-state index is 11.4. The summed E-state index contributed by atoms with van der Waals surface area (Å²) in [5.41, 5.74) is 6.77. The van der Waals surface area contributed by atoms with Crippen LogP contribution >= 0.6 is 11.5 Å². The van der Waals surface area contributed by atoms with Crippen LogP contribution in [-0.2, 0) is 11.2 Å². The second-order valence-corrected chi connectivity index (χ2v) is 3.25. The number of hydrogen-bond acceptors (Lipinski definition) is 5. The van der Waals surface area contributed by atoms with Crippen LogP contribution in [0.3, 0.4) is 0 Å². The number of nitrogen functional groups attached to an aromatic ring is 1. The summed E-state index contributed by atoms with van der Waals surface area (Å²) in [6.07, 6.45) is 0.696. The van der Waals surface area contributed by atoms with Gasteiger partial charge in [-0.2, -0.15) is 4.37 Å². The van der Waals surface area contributed by atoms with Crippen LogP contribution < -0.4 is 5.73 Å². The summed E-state index contributed by atoms with van der Waals surface area (Å²) in [6, 6.07) is 0. The number of aryl methyl sites for hydroxylation is 1. The molecule has 0 spiro atoms. The summed E-state index contributed by atoms with van der Waals surface area (Å²) < 4.78 is 8.91. The second kappa shape index (κ2) is 4.23. The highest BCUT2D eigenvalue weighted by molar-refractivity contribution is 7.10. The lowest BCUT2D eigenvalue weighted by molar-refractivity contribution is 0.0526. The first-order valence-corrected chi connectivity index (χ1v) is 4.89. The molecule has 2 N–H and O–H groups in total. The van der Waals surface area contributed by atoms with Crippen molar-refractivity contribution in [1.29, 1.82) is 0 Å². The van der Waals surface area contributed by atoms with Crippen molar-refractivity contribution >= 4 is 22.5 Å². The zero-order chi connectivity index (χ0) is 9.84. The highest BCUT2D eigenvalue weighted by Gasteiger charge is 2.18. The molecule has 72 valence electrons. The number of rotatable bonds is 3. The van der Waals surface area contributed by atoms with E-state index in [-0.39, 0.29) is 5.97 Å². The standard InChI is InChI=1S/C8H12N2O2S/c1-3-5-6(7(9)13-10-5)8(11)12-4-2/h3-4,9H2,1-2H3. The fourth-order valence-electron chi connectivity index (χ4n) is 1.00. The molecule has 1 rings (SSSR count). The third-order valence-electron chi connectivity index (χ3n) is 1.60. The van der Waals surface area contributed by atoms with Crippen LogP contribution in [0.1, 0.15) is 29.9 Å². The average molecular weight is 200 g/mol. The summed E-state index contributed by atoms with van der Waals surface area (Å²) in [4.78, 5) is 11.4. The zero-order valence-corrected chi connectivity index (χ0v) is 8.48. The van der Waals surface area contributed by atoms with Gasteiger partial charge in [-0.1, -0.05) is 6.92 Å². The molecule has 0 aliphatic carbocycles. The molecule has 0 atom stereocenters. The van der Waals surface area contributed by atoms with Crippen LogP contribution in [0.25, 0.3) is 0 Å². The van der Waals surface area contributed by atoms with Gasteiger partial charge in [0.25, 0.3) is 0 Å². The van der Waals surface area contributed by atoms with E-state index in [1.54, 1.807) is 6.92 Å². The number of anilines is 1. The number of esters is 1. The summed E-state index contributed by atoms with van der Waals surface area (Å²) in [7, 11) is 0. The Morgan fingerprint density at radius 2 is 2.31 bits per heavy atom. The Morgan fingerprint density at radius 3 is 2.85 bits per heavy atom. The summed E-state index contributed by atoms with van der Waals surface area (Å²) in [5.74, 6) is -0.370. The third kappa shape index (κ3) is 1.98. The topological polar surface area (TPSA) is 65.2 Å². The van der Waals surface area contributed by atoms with Crippen molar-refractivity contribution < 1.29 is 9.53 Å². The predicted molar refractivity (Wildman–Crippen MR) is 51.9 cm³/mol. The van der Waals surface area contributed by atoms with Crippen molar-refractivity contribution in [3.8, 4) is 0 Å². The molecule has 4 nitrogen and oxygen atoms in total. The molecule has 0 aliphatic rings. The largest absolute Gasteiger partial charge is 0.462 e. The lowest BCUT2D eigenvalue weighted by Crippen LogP contribution is -2.08. The number of nitrogens with zero attached hydrogens (tertiary/aromatic N) is 1. The van der Waals surface area contributed by atoms with Gasteiger partial charge < -0.3 is 10.5 Å². The van der Waals surface area contributed by atoms with E-state index in [4.69, 9.17) is 10.5 Å². The first-order chi connectivity index (χ1) is 6.20. The molecule has 0 radical (unpaired) electrons. The van der Waals surface area contributed by atoms with Gasteiger partial charge in [-0.15, -0.1) is 0 Å². The van der Waals surface area contributed by atoms with E-state index >= 15 is 0 Å². The zero-order valence-electron chi connectivity index (χ0n) is 7.66. The Balaban J connectivity index is 2.96. The van der Waals surface area contributed by atoms with Gasteiger partial charge in [0.15, 0.2) is 0 Å². The highest BCUT2D eigenvalue weighted by Crippen LogP contribution is 2.22. The second-order valence-electron chi connectivity index (χ2n) is 2.44. The van der Waals surface area contributed by atoms with E-state index < -0.39 is 0 Å². The molecule has 0 aliphatic heterocycles. The molecule has 5 heteroatoms. The van der Waals surface area contributed by atoms with Crippen molar-refractivity contribution in [3.63, 3.8) is 0 Å². The van der Waals surface area contributed by atoms with Gasteiger partial charge in [0.05, 0.1) is 12.3 Å². The Bertz CT molecular complexity index is 309. The molecular weight excluding hydrogens is 188 g/mol. The first-order valence-electron chi connectivity index (χ1n) is 4.11. The summed E-state index contributed by atoms with van der Waals surface area (Å²) >= 11 is 1.14. The molecule has 0 unspecified atom stereocenters. The van der Waals surface area contributed by atoms with Crippen LogP contribution in [-0.4, -0.2) is 16.9 Å². The van der Waals surface area contributed by atoms with Crippen LogP contribution in [0, 0.1) is 0 Å². The molecule has 1 heterocycles. The van der Waals surface area contributed by atoms with E-state index in [1.807, 2.05) is 6.92 Å². The molecule has 0 amide bonds. The highest BCUT2D eigenvalue weighted by atomic mass is 32.1. The number of nitrogens with two attached hydrogens (primary N) is 1. The Labute approximate surface area is 80.9 Å². The van der Waals surface area contributed by atoms with E-state index in [0.717, 1.165) is 17.2 Å². The monoisotopic (exact) mass is 200 g/mol. The maximum atomic E-state index is 11.4. The molecule has 0 aromatic carbocycles. The van der Waals surface area contributed by atoms with Gasteiger partial charge in [0, 0.05) is 0 Å². The molecule has 1 aromatic heterocycles. The van der Waals surface area contributed by atoms with Crippen LogP contribution in [0.4, 0.5) is 5.00 Å². The minimum Gasteiger partial charge on any atom is -0.462 e. The van der Waals surface area contributed by atoms with E-state index in [9.17, 15) is 4.79 Å². The Kier molecular flexibility index (Phi) is 3.25. The maximum Gasteiger partial charge on any atom is 0.343 e. The van der Waals surface area contributed by atoms with Crippen LogP contribution in [0.2, 0.25) is 0 Å². The smallest absolute Gasteiger partial charge is 0.343 e. The van der Waals surface area contributed by atoms with Crippen LogP contribution in [0.5, 0.6) is 0 Å². The van der Waals surface area contributed by atoms with Gasteiger partial charge in [-0.05, 0) is 24.9 Å². The fourth-order valence-corrected chi connectivity index (χ4v) is 1.72. The molecule has 0 bridgehead atoms. The van der Waals surface area contributed by atoms with Crippen molar-refractivity contribution in [2.45, 2.75) is 20.3 Å². The minimum absolute atomic E-state index is 0.358. The van der Waals surface area contributed by atoms with Gasteiger partial charge >= 0.3 is 5.97 Å². The predicted octanol–water partition coefficient (Wildman–Crippen LogP) is 1.46. The normalized spacial score (nSPS) is 10.0. The van der Waals surface area contributed by atoms with Crippen molar-refractivity contribution in [2.75, 3.05) is 12.3 Å². The number of carbonyl (C=O) groups is 1. The lowest BCUT2D eigenvalue weighted by atomic mass is 10.2. The van der Waals surface area contributed by atoms with E-state index in [1.165, 1.54) is 0 Å². The van der Waals surface area contributed by atoms with Gasteiger partial charge in [0.2, 0.25) is 0 Å². The molecular formula is C8H12N2O2S. The van der Waals surface area contributed by atoms with Gasteiger partial charge in [0.1, 0.15) is 10.6 Å². The number of carbonyl (C=O) groups excluding carboxylic acids is 1. The summed E-state index contributed by atoms with van der Waals surface area (Å²) in [5, 5.41) is 0.440. The van der Waals surface area contributed by atoms with Gasteiger partial charge in [-0.25, -0.2) is 4.79 Å². The number of ether oxygens (including phenoxy) is 1. The van der Waals surface area contributed by atoms with E-state index in [0.29, 0.717) is 23.6 Å². The molecule has 1 aromatic rings. The number of aromatic nitrogens is 1. The Morgan fingerprint density at radius 1 is 1.62 bits per heavy atom. The van der Waals surface area contributed by atoms with Crippen LogP contribution in [0.15, 0.2) is 0 Å².